The number of rotatable bonds is 6. The van der Waals surface area contributed by atoms with Crippen molar-refractivity contribution in [1.29, 1.82) is 5.26 Å². The number of nitrogens with one attached hydrogen (secondary N) is 1. The van der Waals surface area contributed by atoms with Gasteiger partial charge in [0.15, 0.2) is 0 Å². The second-order valence-electron chi connectivity index (χ2n) is 4.69. The van der Waals surface area contributed by atoms with E-state index in [1.54, 1.807) is 23.1 Å². The van der Waals surface area contributed by atoms with Gasteiger partial charge in [-0.15, -0.1) is 0 Å². The third kappa shape index (κ3) is 2.90. The van der Waals surface area contributed by atoms with Gasteiger partial charge in [0.2, 0.25) is 11.9 Å². The maximum absolute atomic E-state index is 8.79. The van der Waals surface area contributed by atoms with Gasteiger partial charge in [0, 0.05) is 25.0 Å². The van der Waals surface area contributed by atoms with Crippen molar-refractivity contribution in [1.82, 2.24) is 24.7 Å². The van der Waals surface area contributed by atoms with Gasteiger partial charge in [-0.05, 0) is 18.9 Å². The lowest BCUT2D eigenvalue weighted by Crippen LogP contribution is -2.30. The number of anilines is 2. The van der Waals surface area contributed by atoms with Gasteiger partial charge in [0.25, 0.3) is 5.95 Å². The Kier molecular flexibility index (Phi) is 3.61. The summed E-state index contributed by atoms with van der Waals surface area (Å²) in [6.07, 6.45) is 5.98. The summed E-state index contributed by atoms with van der Waals surface area (Å²) >= 11 is 0. The normalized spacial score (nSPS) is 13.7. The Morgan fingerprint density at radius 3 is 2.90 bits per heavy atom. The van der Waals surface area contributed by atoms with Gasteiger partial charge < -0.3 is 4.90 Å². The summed E-state index contributed by atoms with van der Waals surface area (Å²) in [6.45, 7) is 0.591. The van der Waals surface area contributed by atoms with E-state index in [-0.39, 0.29) is 5.95 Å². The van der Waals surface area contributed by atoms with Crippen LogP contribution in [0.25, 0.3) is 5.95 Å². The Balaban J connectivity index is 1.96. The first-order chi connectivity index (χ1) is 10.3. The minimum Gasteiger partial charge on any atom is -0.337 e. The van der Waals surface area contributed by atoms with Crippen LogP contribution in [0.15, 0.2) is 18.5 Å². The van der Waals surface area contributed by atoms with Crippen molar-refractivity contribution in [3.63, 3.8) is 0 Å². The third-order valence-corrected chi connectivity index (χ3v) is 3.16. The molecule has 1 saturated carbocycles. The molecule has 9 nitrogen and oxygen atoms in total. The van der Waals surface area contributed by atoms with E-state index in [9.17, 15) is 0 Å². The van der Waals surface area contributed by atoms with Crippen LogP contribution in [0.4, 0.5) is 11.9 Å². The Bertz CT molecular complexity index is 641. The standard InChI is InChI=1S/C12H15N9/c13-5-1-7-20(9-3-4-9)11-16-10(19-14)17-12(18-11)21-8-2-6-15-21/h2,6,8-9H,1,3-4,7,14H2,(H,16,17,18,19). The summed E-state index contributed by atoms with van der Waals surface area (Å²) in [6, 6.07) is 4.32. The molecular formula is C12H15N9. The fourth-order valence-electron chi connectivity index (χ4n) is 2.04. The van der Waals surface area contributed by atoms with Crippen LogP contribution >= 0.6 is 0 Å². The number of nitrogens with zero attached hydrogens (tertiary/aromatic N) is 7. The molecule has 2 aromatic heterocycles. The average Bonchev–Trinajstić information content (AvgIpc) is 3.20. The molecular weight excluding hydrogens is 270 g/mol. The van der Waals surface area contributed by atoms with Crippen molar-refractivity contribution in [2.45, 2.75) is 25.3 Å². The van der Waals surface area contributed by atoms with Crippen molar-refractivity contribution in [3.05, 3.63) is 18.5 Å². The van der Waals surface area contributed by atoms with Gasteiger partial charge in [-0.1, -0.05) is 0 Å². The molecule has 3 N–H and O–H groups in total. The fourth-order valence-corrected chi connectivity index (χ4v) is 2.04. The van der Waals surface area contributed by atoms with E-state index in [2.05, 4.69) is 31.5 Å². The van der Waals surface area contributed by atoms with Crippen molar-refractivity contribution in [2.75, 3.05) is 16.9 Å². The Hall–Kier alpha value is -2.73. The first-order valence-electron chi connectivity index (χ1n) is 6.68. The van der Waals surface area contributed by atoms with E-state index in [4.69, 9.17) is 11.1 Å². The molecule has 0 amide bonds. The Morgan fingerprint density at radius 2 is 2.29 bits per heavy atom. The van der Waals surface area contributed by atoms with Crippen molar-refractivity contribution in [3.8, 4) is 12.0 Å². The highest BCUT2D eigenvalue weighted by molar-refractivity contribution is 5.41. The summed E-state index contributed by atoms with van der Waals surface area (Å²) in [5, 5.41) is 12.9. The highest BCUT2D eigenvalue weighted by Gasteiger charge is 2.31. The number of nitrogens with two attached hydrogens (primary N) is 1. The Labute approximate surface area is 121 Å². The predicted octanol–water partition coefficient (Wildman–Crippen LogP) is 0.225. The highest BCUT2D eigenvalue weighted by Crippen LogP contribution is 2.30. The SMILES string of the molecule is N#CCCN(c1nc(NN)nc(-n2cccn2)n1)C1CC1. The second kappa shape index (κ2) is 5.72. The van der Waals surface area contributed by atoms with Gasteiger partial charge in [0.05, 0.1) is 12.5 Å². The van der Waals surface area contributed by atoms with E-state index in [0.29, 0.717) is 30.9 Å². The maximum Gasteiger partial charge on any atom is 0.257 e. The molecule has 21 heavy (non-hydrogen) atoms. The van der Waals surface area contributed by atoms with Crippen LogP contribution in [0, 0.1) is 11.3 Å². The number of nitriles is 1. The Morgan fingerprint density at radius 1 is 1.43 bits per heavy atom. The van der Waals surface area contributed by atoms with E-state index in [0.717, 1.165) is 12.8 Å². The van der Waals surface area contributed by atoms with Gasteiger partial charge in [-0.3, -0.25) is 5.43 Å². The zero-order valence-corrected chi connectivity index (χ0v) is 11.3. The topological polar surface area (TPSA) is 122 Å². The first-order valence-corrected chi connectivity index (χ1v) is 6.68. The lowest BCUT2D eigenvalue weighted by Gasteiger charge is -2.21. The zero-order chi connectivity index (χ0) is 14.7. The highest BCUT2D eigenvalue weighted by atomic mass is 15.4. The summed E-state index contributed by atoms with van der Waals surface area (Å²) in [5.74, 6) is 6.61. The van der Waals surface area contributed by atoms with Crippen molar-refractivity contribution in [2.24, 2.45) is 5.84 Å². The zero-order valence-electron chi connectivity index (χ0n) is 11.3. The van der Waals surface area contributed by atoms with Gasteiger partial charge in [-0.2, -0.15) is 25.3 Å². The molecule has 0 radical (unpaired) electrons. The molecule has 2 heterocycles. The molecule has 2 aromatic rings. The molecule has 0 unspecified atom stereocenters. The van der Waals surface area contributed by atoms with Crippen LogP contribution in [0.2, 0.25) is 0 Å². The molecule has 0 bridgehead atoms. The lowest BCUT2D eigenvalue weighted by molar-refractivity contribution is 0.732. The molecule has 1 aliphatic carbocycles. The van der Waals surface area contributed by atoms with Crippen LogP contribution in [-0.2, 0) is 0 Å². The van der Waals surface area contributed by atoms with Crippen molar-refractivity contribution >= 4 is 11.9 Å². The molecule has 108 valence electrons. The first kappa shape index (κ1) is 13.3. The minimum atomic E-state index is 0.271. The number of hydrazine groups is 1. The van der Waals surface area contributed by atoms with E-state index in [1.165, 1.54) is 0 Å². The molecule has 0 aromatic carbocycles. The summed E-state index contributed by atoms with van der Waals surface area (Å²) in [4.78, 5) is 14.9. The largest absolute Gasteiger partial charge is 0.337 e. The maximum atomic E-state index is 8.79. The van der Waals surface area contributed by atoms with Gasteiger partial charge in [0.1, 0.15) is 0 Å². The summed E-state index contributed by atoms with van der Waals surface area (Å²) < 4.78 is 1.54. The van der Waals surface area contributed by atoms with Crippen LogP contribution in [-0.4, -0.2) is 37.3 Å². The molecule has 1 fully saturated rings. The smallest absolute Gasteiger partial charge is 0.257 e. The number of aromatic nitrogens is 5. The van der Waals surface area contributed by atoms with E-state index >= 15 is 0 Å². The molecule has 1 aliphatic rings. The van der Waals surface area contributed by atoms with Crippen LogP contribution in [0.5, 0.6) is 0 Å². The molecule has 0 atom stereocenters. The minimum absolute atomic E-state index is 0.271. The third-order valence-electron chi connectivity index (χ3n) is 3.16. The quantitative estimate of drug-likeness (QED) is 0.571. The lowest BCUT2D eigenvalue weighted by atomic mass is 10.4. The van der Waals surface area contributed by atoms with Gasteiger partial charge in [-0.25, -0.2) is 10.5 Å². The predicted molar refractivity (Wildman–Crippen MR) is 75.4 cm³/mol. The summed E-state index contributed by atoms with van der Waals surface area (Å²) in [7, 11) is 0. The molecule has 3 rings (SSSR count). The summed E-state index contributed by atoms with van der Waals surface area (Å²) in [5.41, 5.74) is 2.44. The molecule has 0 spiro atoms. The number of hydrogen-bond acceptors (Lipinski definition) is 8. The van der Waals surface area contributed by atoms with E-state index in [1.807, 2.05) is 4.90 Å². The van der Waals surface area contributed by atoms with Crippen molar-refractivity contribution < 1.29 is 0 Å². The van der Waals surface area contributed by atoms with Crippen LogP contribution in [0.1, 0.15) is 19.3 Å². The van der Waals surface area contributed by atoms with Crippen LogP contribution < -0.4 is 16.2 Å². The number of hydrogen-bond donors (Lipinski definition) is 2. The average molecular weight is 285 g/mol. The number of nitrogen functional groups attached to an aromatic ring is 1. The molecule has 0 aliphatic heterocycles. The van der Waals surface area contributed by atoms with Crippen LogP contribution in [0.3, 0.4) is 0 Å². The van der Waals surface area contributed by atoms with E-state index < -0.39 is 0 Å². The second-order valence-corrected chi connectivity index (χ2v) is 4.69. The fraction of sp³-hybridized carbons (Fsp3) is 0.417. The van der Waals surface area contributed by atoms with Gasteiger partial charge >= 0.3 is 0 Å². The molecule has 0 saturated heterocycles. The monoisotopic (exact) mass is 285 g/mol. The molecule has 9 heteroatoms.